The van der Waals surface area contributed by atoms with E-state index in [1.807, 2.05) is 26.2 Å². The third kappa shape index (κ3) is 2.59. The summed E-state index contributed by atoms with van der Waals surface area (Å²) in [7, 11) is 0. The third-order valence-corrected chi connectivity index (χ3v) is 7.87. The molecule has 1 atom stereocenters. The Balaban J connectivity index is 0.00000108. The lowest BCUT2D eigenvalue weighted by Crippen LogP contribution is -2.25. The van der Waals surface area contributed by atoms with E-state index in [1.54, 1.807) is 0 Å². The van der Waals surface area contributed by atoms with E-state index < -0.39 is 5.41 Å². The zero-order valence-corrected chi connectivity index (χ0v) is 20.6. The minimum absolute atomic E-state index is 0.438. The van der Waals surface area contributed by atoms with Crippen molar-refractivity contribution >= 4 is 6.08 Å². The summed E-state index contributed by atoms with van der Waals surface area (Å²) in [6, 6.07) is 28.9. The number of allylic oxidation sites excluding steroid dienone is 1. The summed E-state index contributed by atoms with van der Waals surface area (Å²) >= 11 is 0. The lowest BCUT2D eigenvalue weighted by atomic mass is 9.73. The minimum atomic E-state index is -0.438. The van der Waals surface area contributed by atoms with Crippen molar-refractivity contribution in [2.75, 3.05) is 0 Å². The lowest BCUT2D eigenvalue weighted by molar-refractivity contribution is 0.464. The highest BCUT2D eigenvalue weighted by atomic mass is 16.3. The van der Waals surface area contributed by atoms with Gasteiger partial charge in [-0.3, -0.25) is 4.98 Å². The van der Waals surface area contributed by atoms with Gasteiger partial charge in [0.25, 0.3) is 0 Å². The number of furan rings is 1. The van der Waals surface area contributed by atoms with Crippen LogP contribution in [0.2, 0.25) is 0 Å². The van der Waals surface area contributed by atoms with Gasteiger partial charge in [0.05, 0.1) is 0 Å². The van der Waals surface area contributed by atoms with E-state index in [-0.39, 0.29) is 0 Å². The van der Waals surface area contributed by atoms with Crippen molar-refractivity contribution < 1.29 is 4.42 Å². The van der Waals surface area contributed by atoms with Gasteiger partial charge in [0.1, 0.15) is 16.9 Å². The lowest BCUT2D eigenvalue weighted by Gasteiger charge is -2.28. The summed E-state index contributed by atoms with van der Waals surface area (Å²) in [6.07, 6.45) is 10.2. The second kappa shape index (κ2) is 7.93. The highest BCUT2D eigenvalue weighted by Crippen LogP contribution is 2.64. The molecule has 3 aliphatic rings. The summed E-state index contributed by atoms with van der Waals surface area (Å²) in [4.78, 5) is 4.22. The van der Waals surface area contributed by atoms with Crippen molar-refractivity contribution in [1.82, 2.24) is 4.98 Å². The summed E-state index contributed by atoms with van der Waals surface area (Å²) in [5, 5.41) is 0. The maximum Gasteiger partial charge on any atom is 0.132 e. The van der Waals surface area contributed by atoms with Crippen molar-refractivity contribution in [1.29, 1.82) is 0 Å². The SMILES string of the molecule is C1=Cc2oc3c(c2CC1)-c1ccccc1C31c2ccccc2-c2ccc(-c3ccncc3)cc21.CC. The molecule has 0 aliphatic heterocycles. The molecule has 8 rings (SSSR count). The van der Waals surface area contributed by atoms with Crippen molar-refractivity contribution in [3.63, 3.8) is 0 Å². The minimum Gasteiger partial charge on any atom is -0.459 e. The second-order valence-electron chi connectivity index (χ2n) is 9.43. The van der Waals surface area contributed by atoms with Crippen LogP contribution in [-0.4, -0.2) is 4.98 Å². The van der Waals surface area contributed by atoms with Gasteiger partial charge in [-0.15, -0.1) is 0 Å². The first-order valence-corrected chi connectivity index (χ1v) is 12.9. The molecule has 36 heavy (non-hydrogen) atoms. The summed E-state index contributed by atoms with van der Waals surface area (Å²) < 4.78 is 6.83. The highest BCUT2D eigenvalue weighted by Gasteiger charge is 2.55. The van der Waals surface area contributed by atoms with Crippen LogP contribution in [0.25, 0.3) is 39.5 Å². The van der Waals surface area contributed by atoms with Gasteiger partial charge >= 0.3 is 0 Å². The van der Waals surface area contributed by atoms with Crippen LogP contribution >= 0.6 is 0 Å². The molecule has 0 N–H and O–H groups in total. The Morgan fingerprint density at radius 2 is 1.42 bits per heavy atom. The molecule has 5 aromatic rings. The molecule has 1 unspecified atom stereocenters. The van der Waals surface area contributed by atoms with E-state index in [0.717, 1.165) is 24.4 Å². The van der Waals surface area contributed by atoms with Gasteiger partial charge in [-0.1, -0.05) is 80.6 Å². The maximum atomic E-state index is 6.83. The highest BCUT2D eigenvalue weighted by molar-refractivity contribution is 5.96. The van der Waals surface area contributed by atoms with E-state index in [2.05, 4.69) is 96.0 Å². The Labute approximate surface area is 212 Å². The quantitative estimate of drug-likeness (QED) is 0.242. The molecule has 0 saturated carbocycles. The summed E-state index contributed by atoms with van der Waals surface area (Å²) in [5.74, 6) is 2.12. The van der Waals surface area contributed by atoms with Gasteiger partial charge < -0.3 is 4.42 Å². The van der Waals surface area contributed by atoms with Gasteiger partial charge in [0.2, 0.25) is 0 Å². The molecule has 2 aromatic heterocycles. The number of nitrogens with zero attached hydrogens (tertiary/aromatic N) is 1. The first-order valence-electron chi connectivity index (χ1n) is 12.9. The number of hydrogen-bond donors (Lipinski definition) is 0. The normalized spacial score (nSPS) is 17.5. The molecule has 2 heterocycles. The van der Waals surface area contributed by atoms with Gasteiger partial charge in [-0.2, -0.15) is 0 Å². The number of benzene rings is 3. The van der Waals surface area contributed by atoms with Crippen LogP contribution < -0.4 is 0 Å². The van der Waals surface area contributed by atoms with Crippen molar-refractivity contribution in [3.05, 3.63) is 131 Å². The molecule has 2 nitrogen and oxygen atoms in total. The van der Waals surface area contributed by atoms with Gasteiger partial charge in [-0.25, -0.2) is 0 Å². The molecule has 2 heteroatoms. The summed E-state index contributed by atoms with van der Waals surface area (Å²) in [6.45, 7) is 4.00. The number of fused-ring (bicyclic) bond motifs is 12. The van der Waals surface area contributed by atoms with Crippen LogP contribution in [-0.2, 0) is 11.8 Å². The molecule has 3 aliphatic carbocycles. The molecule has 3 aromatic carbocycles. The predicted octanol–water partition coefficient (Wildman–Crippen LogP) is 8.67. The maximum absolute atomic E-state index is 6.83. The molecule has 0 bridgehead atoms. The van der Waals surface area contributed by atoms with Crippen LogP contribution in [0.5, 0.6) is 0 Å². The van der Waals surface area contributed by atoms with Gasteiger partial charge in [0, 0.05) is 23.5 Å². The Morgan fingerprint density at radius 1 is 0.722 bits per heavy atom. The van der Waals surface area contributed by atoms with Crippen molar-refractivity contribution in [2.24, 2.45) is 0 Å². The van der Waals surface area contributed by atoms with Gasteiger partial charge in [0.15, 0.2) is 0 Å². The van der Waals surface area contributed by atoms with Crippen molar-refractivity contribution in [2.45, 2.75) is 32.1 Å². The molecule has 0 radical (unpaired) electrons. The fourth-order valence-electron chi connectivity index (χ4n) is 6.52. The van der Waals surface area contributed by atoms with Crippen LogP contribution in [0.3, 0.4) is 0 Å². The molecular formula is C34H27NO. The van der Waals surface area contributed by atoms with E-state index >= 15 is 0 Å². The molecule has 1 spiro atoms. The first kappa shape index (κ1) is 21.1. The number of pyridine rings is 1. The summed E-state index contributed by atoms with van der Waals surface area (Å²) in [5.41, 5.74) is 12.5. The van der Waals surface area contributed by atoms with Crippen LogP contribution in [0, 0.1) is 0 Å². The van der Waals surface area contributed by atoms with Crippen molar-refractivity contribution in [3.8, 4) is 33.4 Å². The van der Waals surface area contributed by atoms with E-state index in [0.29, 0.717) is 0 Å². The number of hydrogen-bond acceptors (Lipinski definition) is 2. The molecular weight excluding hydrogens is 438 g/mol. The van der Waals surface area contributed by atoms with Crippen LogP contribution in [0.1, 0.15) is 54.0 Å². The average Bonchev–Trinajstić information content (AvgIpc) is 3.58. The van der Waals surface area contributed by atoms with Gasteiger partial charge in [-0.05, 0) is 81.6 Å². The largest absolute Gasteiger partial charge is 0.459 e. The monoisotopic (exact) mass is 465 g/mol. The number of aromatic nitrogens is 1. The second-order valence-corrected chi connectivity index (χ2v) is 9.43. The fourth-order valence-corrected chi connectivity index (χ4v) is 6.52. The average molecular weight is 466 g/mol. The topological polar surface area (TPSA) is 26.0 Å². The van der Waals surface area contributed by atoms with Crippen LogP contribution in [0.4, 0.5) is 0 Å². The Morgan fingerprint density at radius 3 is 2.22 bits per heavy atom. The molecule has 0 amide bonds. The fraction of sp³-hybridized carbons (Fsp3) is 0.147. The third-order valence-electron chi connectivity index (χ3n) is 7.87. The Kier molecular flexibility index (Phi) is 4.65. The standard InChI is InChI=1S/C32H21NO.C2H6/c1-4-10-26-22(7-1)23-14-13-21(20-15-17-33-18-16-20)19-28(23)32(26)27-11-5-2-8-24(27)30-25-9-3-6-12-29(25)34-31(30)32;1-2/h1-2,4-8,10-19H,3,9H2;1-2H3. The Hall–Kier alpha value is -4.17. The molecule has 174 valence electrons. The van der Waals surface area contributed by atoms with Crippen LogP contribution in [0.15, 0.2) is 102 Å². The molecule has 0 saturated heterocycles. The Bertz CT molecular complexity index is 1660. The van der Waals surface area contributed by atoms with E-state index in [9.17, 15) is 0 Å². The van der Waals surface area contributed by atoms with E-state index in [4.69, 9.17) is 4.42 Å². The zero-order valence-electron chi connectivity index (χ0n) is 20.6. The first-order chi connectivity index (χ1) is 17.9. The predicted molar refractivity (Wildman–Crippen MR) is 147 cm³/mol. The number of rotatable bonds is 1. The molecule has 0 fully saturated rings. The van der Waals surface area contributed by atoms with E-state index in [1.165, 1.54) is 55.6 Å². The smallest absolute Gasteiger partial charge is 0.132 e. The zero-order chi connectivity index (χ0) is 24.3.